The molecule has 2 rings (SSSR count). The largest absolute Gasteiger partial charge is 0.334 e. The van der Waals surface area contributed by atoms with Crippen LogP contribution in [0.1, 0.15) is 45.4 Å². The number of aromatic nitrogens is 2. The third-order valence-electron chi connectivity index (χ3n) is 3.71. The van der Waals surface area contributed by atoms with Gasteiger partial charge in [-0.05, 0) is 32.1 Å². The van der Waals surface area contributed by atoms with Crippen molar-refractivity contribution in [1.82, 2.24) is 14.9 Å². The number of aryl methyl sites for hydroxylation is 1. The van der Waals surface area contributed by atoms with Gasteiger partial charge < -0.3 is 9.88 Å². The molecule has 1 saturated carbocycles. The first-order valence-electron chi connectivity index (χ1n) is 6.54. The van der Waals surface area contributed by atoms with Crippen LogP contribution in [0.3, 0.4) is 0 Å². The van der Waals surface area contributed by atoms with E-state index in [1.54, 1.807) is 0 Å². The van der Waals surface area contributed by atoms with Gasteiger partial charge in [0.2, 0.25) is 0 Å². The minimum Gasteiger partial charge on any atom is -0.334 e. The molecular weight excluding hydrogens is 198 g/mol. The Kier molecular flexibility index (Phi) is 3.99. The Labute approximate surface area is 98.3 Å². The maximum atomic E-state index is 4.41. The van der Waals surface area contributed by atoms with E-state index in [9.17, 15) is 0 Å². The van der Waals surface area contributed by atoms with Crippen molar-refractivity contribution in [3.63, 3.8) is 0 Å². The molecule has 1 unspecified atom stereocenters. The van der Waals surface area contributed by atoms with E-state index in [0.717, 1.165) is 19.0 Å². The molecule has 0 amide bonds. The van der Waals surface area contributed by atoms with Gasteiger partial charge in [-0.3, -0.25) is 0 Å². The van der Waals surface area contributed by atoms with E-state index in [1.165, 1.54) is 31.5 Å². The molecule has 1 N–H and O–H groups in total. The van der Waals surface area contributed by atoms with Crippen LogP contribution < -0.4 is 5.32 Å². The average molecular weight is 221 g/mol. The minimum atomic E-state index is 0.639. The molecule has 16 heavy (non-hydrogen) atoms. The van der Waals surface area contributed by atoms with Gasteiger partial charge in [0.1, 0.15) is 5.82 Å². The highest BCUT2D eigenvalue weighted by atomic mass is 15.1. The van der Waals surface area contributed by atoms with Crippen LogP contribution in [0.2, 0.25) is 0 Å². The summed E-state index contributed by atoms with van der Waals surface area (Å²) >= 11 is 0. The second kappa shape index (κ2) is 5.48. The molecule has 1 aliphatic rings. The van der Waals surface area contributed by atoms with Crippen LogP contribution in [-0.4, -0.2) is 15.6 Å². The van der Waals surface area contributed by atoms with E-state index in [-0.39, 0.29) is 0 Å². The molecule has 0 spiro atoms. The van der Waals surface area contributed by atoms with Gasteiger partial charge in [0.05, 0.1) is 6.54 Å². The van der Waals surface area contributed by atoms with E-state index in [1.807, 2.05) is 6.20 Å². The van der Waals surface area contributed by atoms with E-state index in [0.29, 0.717) is 6.04 Å². The van der Waals surface area contributed by atoms with Crippen LogP contribution in [0.15, 0.2) is 12.4 Å². The third-order valence-corrected chi connectivity index (χ3v) is 3.71. The Morgan fingerprint density at radius 3 is 3.00 bits per heavy atom. The lowest BCUT2D eigenvalue weighted by Crippen LogP contribution is -2.37. The lowest BCUT2D eigenvalue weighted by Gasteiger charge is -2.32. The van der Waals surface area contributed by atoms with Gasteiger partial charge in [0, 0.05) is 25.0 Å². The Balaban J connectivity index is 1.81. The minimum absolute atomic E-state index is 0.639. The Morgan fingerprint density at radius 1 is 1.56 bits per heavy atom. The maximum absolute atomic E-state index is 4.41. The summed E-state index contributed by atoms with van der Waals surface area (Å²) in [6, 6.07) is 0.639. The zero-order chi connectivity index (χ0) is 11.4. The SMILES string of the molecule is CCCn1ccnc1CNC(C)C1CCC1. The lowest BCUT2D eigenvalue weighted by molar-refractivity contribution is 0.238. The van der Waals surface area contributed by atoms with E-state index >= 15 is 0 Å². The fourth-order valence-corrected chi connectivity index (χ4v) is 2.31. The topological polar surface area (TPSA) is 29.9 Å². The highest BCUT2D eigenvalue weighted by Crippen LogP contribution is 2.29. The Bertz CT molecular complexity index is 315. The lowest BCUT2D eigenvalue weighted by atomic mass is 9.80. The number of nitrogens with zero attached hydrogens (tertiary/aromatic N) is 2. The summed E-state index contributed by atoms with van der Waals surface area (Å²) in [4.78, 5) is 4.41. The summed E-state index contributed by atoms with van der Waals surface area (Å²) in [6.45, 7) is 6.49. The van der Waals surface area contributed by atoms with Crippen molar-refractivity contribution in [2.45, 2.75) is 58.7 Å². The van der Waals surface area contributed by atoms with Crippen molar-refractivity contribution >= 4 is 0 Å². The summed E-state index contributed by atoms with van der Waals surface area (Å²) in [5.74, 6) is 2.07. The molecule has 0 radical (unpaired) electrons. The number of imidazole rings is 1. The molecule has 0 saturated heterocycles. The molecule has 1 aromatic rings. The summed E-state index contributed by atoms with van der Waals surface area (Å²) in [5.41, 5.74) is 0. The molecule has 3 nitrogen and oxygen atoms in total. The first-order valence-corrected chi connectivity index (χ1v) is 6.54. The molecule has 1 heterocycles. The number of hydrogen-bond donors (Lipinski definition) is 1. The van der Waals surface area contributed by atoms with Crippen molar-refractivity contribution in [3.8, 4) is 0 Å². The van der Waals surface area contributed by atoms with Crippen molar-refractivity contribution in [2.24, 2.45) is 5.92 Å². The predicted molar refractivity (Wildman–Crippen MR) is 66.2 cm³/mol. The van der Waals surface area contributed by atoms with Crippen LogP contribution in [-0.2, 0) is 13.1 Å². The Hall–Kier alpha value is -0.830. The van der Waals surface area contributed by atoms with Crippen LogP contribution >= 0.6 is 0 Å². The van der Waals surface area contributed by atoms with E-state index in [4.69, 9.17) is 0 Å². The fraction of sp³-hybridized carbons (Fsp3) is 0.769. The summed E-state index contributed by atoms with van der Waals surface area (Å²) in [5, 5.41) is 3.60. The molecule has 0 aliphatic heterocycles. The molecule has 90 valence electrons. The van der Waals surface area contributed by atoms with Gasteiger partial charge in [-0.1, -0.05) is 13.3 Å². The quantitative estimate of drug-likeness (QED) is 0.800. The average Bonchev–Trinajstić information content (AvgIpc) is 2.60. The molecule has 1 aromatic heterocycles. The van der Waals surface area contributed by atoms with Crippen LogP contribution in [0.5, 0.6) is 0 Å². The van der Waals surface area contributed by atoms with Crippen LogP contribution in [0.25, 0.3) is 0 Å². The number of hydrogen-bond acceptors (Lipinski definition) is 2. The molecule has 0 aromatic carbocycles. The second-order valence-corrected chi connectivity index (χ2v) is 4.90. The van der Waals surface area contributed by atoms with Crippen LogP contribution in [0.4, 0.5) is 0 Å². The summed E-state index contributed by atoms with van der Waals surface area (Å²) in [6.07, 6.45) is 9.37. The van der Waals surface area contributed by atoms with Gasteiger partial charge >= 0.3 is 0 Å². The predicted octanol–water partition coefficient (Wildman–Crippen LogP) is 2.57. The zero-order valence-corrected chi connectivity index (χ0v) is 10.4. The summed E-state index contributed by atoms with van der Waals surface area (Å²) < 4.78 is 2.25. The van der Waals surface area contributed by atoms with Crippen molar-refractivity contribution < 1.29 is 0 Å². The third kappa shape index (κ3) is 2.64. The van der Waals surface area contributed by atoms with Gasteiger partial charge in [-0.15, -0.1) is 0 Å². The molecule has 1 atom stereocenters. The summed E-state index contributed by atoms with van der Waals surface area (Å²) in [7, 11) is 0. The molecule has 0 bridgehead atoms. The number of rotatable bonds is 6. The van der Waals surface area contributed by atoms with E-state index < -0.39 is 0 Å². The second-order valence-electron chi connectivity index (χ2n) is 4.90. The first-order chi connectivity index (χ1) is 7.81. The van der Waals surface area contributed by atoms with Crippen molar-refractivity contribution in [2.75, 3.05) is 0 Å². The Morgan fingerprint density at radius 2 is 2.38 bits per heavy atom. The molecular formula is C13H23N3. The van der Waals surface area contributed by atoms with Gasteiger partial charge in [0.15, 0.2) is 0 Å². The number of nitrogens with one attached hydrogen (secondary N) is 1. The molecule has 3 heteroatoms. The smallest absolute Gasteiger partial charge is 0.122 e. The maximum Gasteiger partial charge on any atom is 0.122 e. The highest BCUT2D eigenvalue weighted by molar-refractivity contribution is 4.93. The standard InChI is InChI=1S/C13H23N3/c1-3-8-16-9-7-14-13(16)10-15-11(2)12-5-4-6-12/h7,9,11-12,15H,3-6,8,10H2,1-2H3. The van der Waals surface area contributed by atoms with Crippen molar-refractivity contribution in [1.29, 1.82) is 0 Å². The zero-order valence-electron chi connectivity index (χ0n) is 10.4. The van der Waals surface area contributed by atoms with Gasteiger partial charge in [-0.25, -0.2) is 4.98 Å². The monoisotopic (exact) mass is 221 g/mol. The van der Waals surface area contributed by atoms with Crippen molar-refractivity contribution in [3.05, 3.63) is 18.2 Å². The highest BCUT2D eigenvalue weighted by Gasteiger charge is 2.23. The van der Waals surface area contributed by atoms with Gasteiger partial charge in [-0.2, -0.15) is 0 Å². The van der Waals surface area contributed by atoms with E-state index in [2.05, 4.69) is 34.9 Å². The fourth-order valence-electron chi connectivity index (χ4n) is 2.31. The van der Waals surface area contributed by atoms with Crippen LogP contribution in [0, 0.1) is 5.92 Å². The first kappa shape index (κ1) is 11.6. The normalized spacial score (nSPS) is 18.4. The van der Waals surface area contributed by atoms with Gasteiger partial charge in [0.25, 0.3) is 0 Å². The molecule has 1 aliphatic carbocycles. The molecule has 1 fully saturated rings.